The lowest BCUT2D eigenvalue weighted by Gasteiger charge is -2.20. The Hall–Kier alpha value is -2.68. The smallest absolute Gasteiger partial charge is 0.316 e. The molecular formula is C20H20F3N2O5P. The zero-order valence-corrected chi connectivity index (χ0v) is 17.6. The fourth-order valence-corrected chi connectivity index (χ4v) is 4.89. The Balaban J connectivity index is 2.36. The first kappa shape index (κ1) is 23.0. The first-order valence-corrected chi connectivity index (χ1v) is 11.1. The van der Waals surface area contributed by atoms with E-state index in [1.807, 2.05) is 0 Å². The number of benzene rings is 2. The summed E-state index contributed by atoms with van der Waals surface area (Å²) in [5.74, 6) is 0. The van der Waals surface area contributed by atoms with Crippen LogP contribution in [0.2, 0.25) is 0 Å². The largest absolute Gasteiger partial charge is 0.417 e. The zero-order chi connectivity index (χ0) is 22.8. The first-order chi connectivity index (χ1) is 14.6. The summed E-state index contributed by atoms with van der Waals surface area (Å²) in [5, 5.41) is 0. The van der Waals surface area contributed by atoms with Crippen molar-refractivity contribution < 1.29 is 26.8 Å². The SMILES string of the molecule is CCOP(=O)(Cn1c(=O)c(=O)[nH]c2cc(C(F)(F)F)c(-c3ccccc3)cc21)OCC. The number of nitrogens with one attached hydrogen (secondary N) is 1. The lowest BCUT2D eigenvalue weighted by molar-refractivity contribution is -0.137. The molecule has 0 aliphatic carbocycles. The number of H-pyrrole nitrogens is 1. The van der Waals surface area contributed by atoms with Crippen molar-refractivity contribution in [1.29, 1.82) is 0 Å². The second kappa shape index (κ2) is 8.82. The third-order valence-corrected chi connectivity index (χ3v) is 6.40. The Labute approximate surface area is 175 Å². The summed E-state index contributed by atoms with van der Waals surface area (Å²) in [7, 11) is -3.84. The van der Waals surface area contributed by atoms with Gasteiger partial charge in [-0.2, -0.15) is 13.2 Å². The number of hydrogen-bond donors (Lipinski definition) is 1. The number of nitrogens with zero attached hydrogens (tertiary/aromatic N) is 1. The second-order valence-electron chi connectivity index (χ2n) is 6.55. The van der Waals surface area contributed by atoms with Gasteiger partial charge in [0.05, 0.1) is 29.8 Å². The standard InChI is InChI=1S/C20H20F3N2O5P/c1-3-29-31(28,30-4-2)12-25-17-10-14(13-8-6-5-7-9-13)15(20(21,22)23)11-16(17)24-18(26)19(25)27/h5-11H,3-4,12H2,1-2H3,(H,24,26). The van der Waals surface area contributed by atoms with E-state index in [0.29, 0.717) is 0 Å². The van der Waals surface area contributed by atoms with Gasteiger partial charge in [-0.25, -0.2) is 0 Å². The number of halogens is 3. The van der Waals surface area contributed by atoms with E-state index in [2.05, 4.69) is 4.98 Å². The monoisotopic (exact) mass is 456 g/mol. The van der Waals surface area contributed by atoms with E-state index in [1.54, 1.807) is 32.0 Å². The van der Waals surface area contributed by atoms with Crippen LogP contribution in [-0.2, 0) is 26.1 Å². The van der Waals surface area contributed by atoms with Crippen molar-refractivity contribution in [3.05, 3.63) is 68.7 Å². The van der Waals surface area contributed by atoms with Gasteiger partial charge >= 0.3 is 24.9 Å². The molecule has 2 aromatic carbocycles. The van der Waals surface area contributed by atoms with Crippen LogP contribution in [0.5, 0.6) is 0 Å². The summed E-state index contributed by atoms with van der Waals surface area (Å²) in [4.78, 5) is 26.9. The Bertz CT molecular complexity index is 1240. The van der Waals surface area contributed by atoms with Crippen molar-refractivity contribution in [2.75, 3.05) is 13.2 Å². The van der Waals surface area contributed by atoms with Crippen LogP contribution in [0.3, 0.4) is 0 Å². The summed E-state index contributed by atoms with van der Waals surface area (Å²) in [5.41, 5.74) is -3.39. The van der Waals surface area contributed by atoms with Crippen LogP contribution in [-0.4, -0.2) is 22.8 Å². The molecule has 0 saturated carbocycles. The maximum atomic E-state index is 13.8. The van der Waals surface area contributed by atoms with Crippen molar-refractivity contribution >= 4 is 18.6 Å². The Morgan fingerprint density at radius 2 is 1.65 bits per heavy atom. The lowest BCUT2D eigenvalue weighted by Crippen LogP contribution is -2.36. The summed E-state index contributed by atoms with van der Waals surface area (Å²) >= 11 is 0. The van der Waals surface area contributed by atoms with E-state index in [-0.39, 0.29) is 35.4 Å². The second-order valence-corrected chi connectivity index (χ2v) is 8.57. The molecule has 0 amide bonds. The molecule has 7 nitrogen and oxygen atoms in total. The van der Waals surface area contributed by atoms with Crippen LogP contribution in [0, 0.1) is 0 Å². The highest BCUT2D eigenvalue weighted by Gasteiger charge is 2.35. The summed E-state index contributed by atoms with van der Waals surface area (Å²) < 4.78 is 65.5. The quantitative estimate of drug-likeness (QED) is 0.415. The van der Waals surface area contributed by atoms with Crippen molar-refractivity contribution in [3.63, 3.8) is 0 Å². The van der Waals surface area contributed by atoms with Gasteiger partial charge in [0.25, 0.3) is 0 Å². The number of aromatic amines is 1. The molecular weight excluding hydrogens is 436 g/mol. The van der Waals surface area contributed by atoms with Gasteiger partial charge < -0.3 is 14.0 Å². The topological polar surface area (TPSA) is 90.4 Å². The maximum Gasteiger partial charge on any atom is 0.417 e. The summed E-state index contributed by atoms with van der Waals surface area (Å²) in [6.45, 7) is 3.18. The normalized spacial score (nSPS) is 12.4. The van der Waals surface area contributed by atoms with E-state index in [9.17, 15) is 27.3 Å². The van der Waals surface area contributed by atoms with Gasteiger partial charge in [0.2, 0.25) is 0 Å². The van der Waals surface area contributed by atoms with Crippen molar-refractivity contribution in [3.8, 4) is 11.1 Å². The molecule has 166 valence electrons. The van der Waals surface area contributed by atoms with Gasteiger partial charge in [0.15, 0.2) is 0 Å². The molecule has 3 aromatic rings. The number of alkyl halides is 3. The predicted molar refractivity (Wildman–Crippen MR) is 110 cm³/mol. The van der Waals surface area contributed by atoms with Gasteiger partial charge in [0, 0.05) is 0 Å². The van der Waals surface area contributed by atoms with Crippen LogP contribution < -0.4 is 11.1 Å². The molecule has 1 heterocycles. The van der Waals surface area contributed by atoms with E-state index < -0.39 is 36.7 Å². The third kappa shape index (κ3) is 4.81. The predicted octanol–water partition coefficient (Wildman–Crippen LogP) is 4.60. The lowest BCUT2D eigenvalue weighted by atomic mass is 9.98. The first-order valence-electron chi connectivity index (χ1n) is 9.41. The average molecular weight is 456 g/mol. The third-order valence-electron chi connectivity index (χ3n) is 4.47. The van der Waals surface area contributed by atoms with Gasteiger partial charge in [0.1, 0.15) is 6.29 Å². The van der Waals surface area contributed by atoms with Crippen LogP contribution >= 0.6 is 7.60 Å². The highest BCUT2D eigenvalue weighted by molar-refractivity contribution is 7.52. The molecule has 1 N–H and O–H groups in total. The molecule has 0 radical (unpaired) electrons. The minimum Gasteiger partial charge on any atom is -0.316 e. The minimum atomic E-state index is -4.72. The maximum absolute atomic E-state index is 13.8. The van der Waals surface area contributed by atoms with Gasteiger partial charge in [-0.15, -0.1) is 0 Å². The number of rotatable bonds is 7. The van der Waals surface area contributed by atoms with Crippen LogP contribution in [0.25, 0.3) is 22.2 Å². The average Bonchev–Trinajstić information content (AvgIpc) is 2.71. The van der Waals surface area contributed by atoms with Gasteiger partial charge in [-0.1, -0.05) is 30.3 Å². The fourth-order valence-electron chi connectivity index (χ4n) is 3.24. The summed E-state index contributed by atoms with van der Waals surface area (Å²) in [6, 6.07) is 9.72. The number of fused-ring (bicyclic) bond motifs is 1. The van der Waals surface area contributed by atoms with E-state index in [0.717, 1.165) is 16.7 Å². The van der Waals surface area contributed by atoms with Crippen molar-refractivity contribution in [2.45, 2.75) is 26.3 Å². The van der Waals surface area contributed by atoms with Gasteiger partial charge in [-0.3, -0.25) is 18.7 Å². The Morgan fingerprint density at radius 3 is 2.19 bits per heavy atom. The molecule has 0 fully saturated rings. The Morgan fingerprint density at radius 1 is 1.03 bits per heavy atom. The zero-order valence-electron chi connectivity index (χ0n) is 16.7. The minimum absolute atomic E-state index is 0.0145. The van der Waals surface area contributed by atoms with Crippen LogP contribution in [0.4, 0.5) is 13.2 Å². The molecule has 0 atom stereocenters. The molecule has 0 saturated heterocycles. The Kier molecular flexibility index (Phi) is 6.54. The highest BCUT2D eigenvalue weighted by atomic mass is 31.2. The van der Waals surface area contributed by atoms with E-state index in [4.69, 9.17) is 9.05 Å². The molecule has 31 heavy (non-hydrogen) atoms. The van der Waals surface area contributed by atoms with Crippen molar-refractivity contribution in [1.82, 2.24) is 9.55 Å². The highest BCUT2D eigenvalue weighted by Crippen LogP contribution is 2.50. The van der Waals surface area contributed by atoms with Crippen molar-refractivity contribution in [2.24, 2.45) is 0 Å². The van der Waals surface area contributed by atoms with E-state index >= 15 is 0 Å². The number of aromatic nitrogens is 2. The van der Waals surface area contributed by atoms with Crippen LogP contribution in [0.15, 0.2) is 52.1 Å². The molecule has 3 rings (SSSR count). The van der Waals surface area contributed by atoms with E-state index in [1.165, 1.54) is 12.1 Å². The molecule has 0 bridgehead atoms. The molecule has 0 aliphatic heterocycles. The van der Waals surface area contributed by atoms with Gasteiger partial charge in [-0.05, 0) is 37.1 Å². The molecule has 11 heteroatoms. The molecule has 1 aromatic heterocycles. The molecule has 0 aliphatic rings. The molecule has 0 spiro atoms. The summed E-state index contributed by atoms with van der Waals surface area (Å²) in [6.07, 6.45) is -5.34. The van der Waals surface area contributed by atoms with Crippen LogP contribution in [0.1, 0.15) is 19.4 Å². The number of hydrogen-bond acceptors (Lipinski definition) is 5. The molecule has 0 unspecified atom stereocenters. The fraction of sp³-hybridized carbons (Fsp3) is 0.300.